The second-order valence-corrected chi connectivity index (χ2v) is 6.75. The number of amides is 1. The fourth-order valence-electron chi connectivity index (χ4n) is 1.23. The van der Waals surface area contributed by atoms with Crippen molar-refractivity contribution >= 4 is 73.7 Å². The Kier molecular flexibility index (Phi) is 5.11. The molecule has 0 saturated heterocycles. The molecule has 18 heavy (non-hydrogen) atoms. The van der Waals surface area contributed by atoms with Crippen molar-refractivity contribution in [1.29, 1.82) is 0 Å². The number of aromatic amines is 1. The highest BCUT2D eigenvalue weighted by Gasteiger charge is 2.13. The number of carbonyl (C=O) groups excluding carboxylic acids is 1. The summed E-state index contributed by atoms with van der Waals surface area (Å²) >= 11 is 6.58. The molecule has 2 N–H and O–H groups in total. The van der Waals surface area contributed by atoms with Crippen molar-refractivity contribution in [2.45, 2.75) is 6.54 Å². The first-order valence-corrected chi connectivity index (χ1v) is 7.96. The number of benzene rings is 1. The SMILES string of the molecule is O=C(NCc1nn[nH]n1)c1cc(I)cc(I)c1I. The predicted molar refractivity (Wildman–Crippen MR) is 89.9 cm³/mol. The van der Waals surface area contributed by atoms with Crippen molar-refractivity contribution in [3.63, 3.8) is 0 Å². The molecule has 0 spiro atoms. The molecule has 1 amide bonds. The van der Waals surface area contributed by atoms with E-state index in [-0.39, 0.29) is 12.5 Å². The number of tetrazole rings is 1. The minimum absolute atomic E-state index is 0.138. The lowest BCUT2D eigenvalue weighted by molar-refractivity contribution is 0.0949. The Bertz CT molecular complexity index is 572. The van der Waals surface area contributed by atoms with Crippen molar-refractivity contribution in [2.24, 2.45) is 0 Å². The van der Waals surface area contributed by atoms with Crippen LogP contribution in [0.1, 0.15) is 16.2 Å². The van der Waals surface area contributed by atoms with Crippen LogP contribution in [0.2, 0.25) is 0 Å². The van der Waals surface area contributed by atoms with Gasteiger partial charge in [0, 0.05) is 10.7 Å². The fourth-order valence-corrected chi connectivity index (χ4v) is 3.63. The van der Waals surface area contributed by atoms with E-state index < -0.39 is 0 Å². The monoisotopic (exact) mass is 581 g/mol. The van der Waals surface area contributed by atoms with Gasteiger partial charge in [-0.2, -0.15) is 5.21 Å². The first kappa shape index (κ1) is 14.4. The van der Waals surface area contributed by atoms with E-state index in [2.05, 4.69) is 93.7 Å². The second-order valence-electron chi connectivity index (χ2n) is 3.26. The van der Waals surface area contributed by atoms with E-state index in [0.717, 1.165) is 10.7 Å². The number of carbonyl (C=O) groups is 1. The molecule has 0 aliphatic heterocycles. The summed E-state index contributed by atoms with van der Waals surface area (Å²) < 4.78 is 3.03. The third-order valence-electron chi connectivity index (χ3n) is 2.03. The lowest BCUT2D eigenvalue weighted by Gasteiger charge is -2.07. The van der Waals surface area contributed by atoms with Crippen LogP contribution < -0.4 is 5.32 Å². The lowest BCUT2D eigenvalue weighted by atomic mass is 10.2. The third-order valence-corrected chi connectivity index (χ3v) is 5.70. The van der Waals surface area contributed by atoms with Gasteiger partial charge in [0.2, 0.25) is 0 Å². The van der Waals surface area contributed by atoms with Gasteiger partial charge >= 0.3 is 0 Å². The Morgan fingerprint density at radius 2 is 2.11 bits per heavy atom. The number of hydrogen-bond donors (Lipinski definition) is 2. The summed E-state index contributed by atoms with van der Waals surface area (Å²) in [5.74, 6) is 0.319. The van der Waals surface area contributed by atoms with Crippen molar-refractivity contribution in [3.8, 4) is 0 Å². The van der Waals surface area contributed by atoms with Crippen molar-refractivity contribution in [2.75, 3.05) is 0 Å². The first-order chi connectivity index (χ1) is 8.58. The normalized spacial score (nSPS) is 10.4. The zero-order valence-electron chi connectivity index (χ0n) is 8.75. The van der Waals surface area contributed by atoms with Gasteiger partial charge in [-0.15, -0.1) is 10.2 Å². The summed E-state index contributed by atoms with van der Waals surface area (Å²) in [5, 5.41) is 16.1. The summed E-state index contributed by atoms with van der Waals surface area (Å²) in [7, 11) is 0. The Labute approximate surface area is 143 Å². The van der Waals surface area contributed by atoms with E-state index in [4.69, 9.17) is 0 Å². The fraction of sp³-hybridized carbons (Fsp3) is 0.111. The molecular formula is C9H6I3N5O. The molecule has 94 valence electrons. The molecule has 0 fully saturated rings. The molecule has 0 unspecified atom stereocenters. The Balaban J connectivity index is 2.14. The van der Waals surface area contributed by atoms with Crippen LogP contribution in [-0.4, -0.2) is 26.5 Å². The molecule has 0 aliphatic carbocycles. The van der Waals surface area contributed by atoms with Crippen LogP contribution in [-0.2, 0) is 6.54 Å². The van der Waals surface area contributed by atoms with Gasteiger partial charge in [-0.3, -0.25) is 4.79 Å². The number of rotatable bonds is 3. The molecule has 2 rings (SSSR count). The Morgan fingerprint density at radius 1 is 1.33 bits per heavy atom. The quantitative estimate of drug-likeness (QED) is 0.430. The van der Waals surface area contributed by atoms with E-state index in [9.17, 15) is 4.79 Å². The molecule has 0 radical (unpaired) electrons. The van der Waals surface area contributed by atoms with Gasteiger partial charge in [-0.05, 0) is 79.9 Å². The third kappa shape index (κ3) is 3.49. The number of nitrogens with zero attached hydrogens (tertiary/aromatic N) is 3. The van der Waals surface area contributed by atoms with Crippen molar-refractivity contribution in [3.05, 3.63) is 34.2 Å². The summed E-state index contributed by atoms with van der Waals surface area (Å²) in [6, 6.07) is 3.88. The maximum absolute atomic E-state index is 12.1. The van der Waals surface area contributed by atoms with Gasteiger partial charge in [-0.25, -0.2) is 0 Å². The Hall–Kier alpha value is -0.0500. The van der Waals surface area contributed by atoms with E-state index >= 15 is 0 Å². The van der Waals surface area contributed by atoms with Crippen LogP contribution in [0.4, 0.5) is 0 Å². The van der Waals surface area contributed by atoms with Crippen LogP contribution in [0.3, 0.4) is 0 Å². The second kappa shape index (κ2) is 6.40. The van der Waals surface area contributed by atoms with E-state index in [1.54, 1.807) is 0 Å². The van der Waals surface area contributed by atoms with Gasteiger partial charge in [0.25, 0.3) is 5.91 Å². The van der Waals surface area contributed by atoms with Gasteiger partial charge < -0.3 is 5.32 Å². The largest absolute Gasteiger partial charge is 0.345 e. The standard InChI is InChI=1S/C9H6I3N5O/c10-4-1-5(8(12)6(11)2-4)9(18)13-3-7-14-16-17-15-7/h1-2H,3H2,(H,13,18)(H,14,15,16,17). The smallest absolute Gasteiger partial charge is 0.252 e. The van der Waals surface area contributed by atoms with Gasteiger partial charge in [-0.1, -0.05) is 5.21 Å². The highest BCUT2D eigenvalue weighted by Crippen LogP contribution is 2.22. The number of H-pyrrole nitrogens is 1. The minimum atomic E-state index is -0.138. The number of nitrogens with one attached hydrogen (secondary N) is 2. The maximum Gasteiger partial charge on any atom is 0.252 e. The molecule has 9 heteroatoms. The van der Waals surface area contributed by atoms with Crippen LogP contribution in [0.25, 0.3) is 0 Å². The summed E-state index contributed by atoms with van der Waals surface area (Å²) in [4.78, 5) is 12.1. The van der Waals surface area contributed by atoms with E-state index in [1.165, 1.54) is 0 Å². The number of hydrogen-bond acceptors (Lipinski definition) is 4. The average molecular weight is 581 g/mol. The molecule has 0 saturated carbocycles. The lowest BCUT2D eigenvalue weighted by Crippen LogP contribution is -2.24. The number of aromatic nitrogens is 4. The molecule has 0 aliphatic rings. The highest BCUT2D eigenvalue weighted by atomic mass is 127. The maximum atomic E-state index is 12.1. The zero-order valence-corrected chi connectivity index (χ0v) is 15.2. The summed E-state index contributed by atoms with van der Waals surface area (Å²) in [6.45, 7) is 0.257. The zero-order chi connectivity index (χ0) is 13.1. The van der Waals surface area contributed by atoms with E-state index in [0.29, 0.717) is 11.4 Å². The minimum Gasteiger partial charge on any atom is -0.345 e. The van der Waals surface area contributed by atoms with Crippen molar-refractivity contribution < 1.29 is 4.79 Å². The number of halogens is 3. The topological polar surface area (TPSA) is 83.6 Å². The molecular weight excluding hydrogens is 575 g/mol. The van der Waals surface area contributed by atoms with Crippen molar-refractivity contribution in [1.82, 2.24) is 25.9 Å². The van der Waals surface area contributed by atoms with Gasteiger partial charge in [0.15, 0.2) is 5.82 Å². The van der Waals surface area contributed by atoms with Crippen LogP contribution in [0.5, 0.6) is 0 Å². The van der Waals surface area contributed by atoms with E-state index in [1.807, 2.05) is 12.1 Å². The molecule has 1 heterocycles. The average Bonchev–Trinajstić information content (AvgIpc) is 2.83. The molecule has 0 atom stereocenters. The first-order valence-electron chi connectivity index (χ1n) is 4.73. The summed E-state index contributed by atoms with van der Waals surface area (Å²) in [5.41, 5.74) is 0.662. The molecule has 0 bridgehead atoms. The predicted octanol–water partition coefficient (Wildman–Crippen LogP) is 1.94. The Morgan fingerprint density at radius 3 is 2.78 bits per heavy atom. The molecule has 1 aromatic heterocycles. The van der Waals surface area contributed by atoms with Crippen LogP contribution in [0.15, 0.2) is 12.1 Å². The summed E-state index contributed by atoms with van der Waals surface area (Å²) in [6.07, 6.45) is 0. The molecule has 2 aromatic rings. The van der Waals surface area contributed by atoms with Gasteiger partial charge in [0.05, 0.1) is 12.1 Å². The van der Waals surface area contributed by atoms with Crippen LogP contribution in [0, 0.1) is 10.7 Å². The molecule has 1 aromatic carbocycles. The van der Waals surface area contributed by atoms with Gasteiger partial charge in [0.1, 0.15) is 0 Å². The van der Waals surface area contributed by atoms with Crippen LogP contribution >= 0.6 is 67.8 Å². The molecule has 6 nitrogen and oxygen atoms in total. The highest BCUT2D eigenvalue weighted by molar-refractivity contribution is 14.1.